The third-order valence-corrected chi connectivity index (χ3v) is 3.82. The first-order valence-corrected chi connectivity index (χ1v) is 7.74. The first-order valence-electron chi connectivity index (χ1n) is 7.37. The average Bonchev–Trinajstić information content (AvgIpc) is 2.90. The summed E-state index contributed by atoms with van der Waals surface area (Å²) in [5.41, 5.74) is 1.02. The van der Waals surface area contributed by atoms with Crippen molar-refractivity contribution in [3.63, 3.8) is 0 Å². The molecule has 25 heavy (non-hydrogen) atoms. The highest BCUT2D eigenvalue weighted by Crippen LogP contribution is 2.32. The molecule has 1 heterocycles. The van der Waals surface area contributed by atoms with E-state index in [0.717, 1.165) is 0 Å². The maximum Gasteiger partial charge on any atom is 0.355 e. The molecule has 128 valence electrons. The van der Waals surface area contributed by atoms with Crippen molar-refractivity contribution < 1.29 is 23.8 Å². The van der Waals surface area contributed by atoms with Crippen LogP contribution < -0.4 is 10.1 Å². The summed E-state index contributed by atoms with van der Waals surface area (Å²) in [5.74, 6) is -0.874. The monoisotopic (exact) mass is 359 g/mol. The van der Waals surface area contributed by atoms with Crippen LogP contribution in [0.15, 0.2) is 65.3 Å². The molecule has 1 aliphatic heterocycles. The number of benzene rings is 2. The van der Waals surface area contributed by atoms with Crippen molar-refractivity contribution >= 4 is 29.2 Å². The Morgan fingerprint density at radius 2 is 1.80 bits per heavy atom. The number of esters is 2. The van der Waals surface area contributed by atoms with Gasteiger partial charge < -0.3 is 19.5 Å². The molecule has 1 N–H and O–H groups in total. The van der Waals surface area contributed by atoms with Crippen LogP contribution in [-0.4, -0.2) is 25.3 Å². The molecule has 3 rings (SSSR count). The van der Waals surface area contributed by atoms with Gasteiger partial charge in [0.1, 0.15) is 11.4 Å². The van der Waals surface area contributed by atoms with Crippen molar-refractivity contribution in [2.24, 2.45) is 0 Å². The molecule has 0 spiro atoms. The van der Waals surface area contributed by atoms with E-state index in [-0.39, 0.29) is 10.7 Å². The van der Waals surface area contributed by atoms with E-state index in [9.17, 15) is 9.59 Å². The summed E-state index contributed by atoms with van der Waals surface area (Å²) in [6.45, 7) is 0. The summed E-state index contributed by atoms with van der Waals surface area (Å²) in [4.78, 5) is 24.0. The fourth-order valence-electron chi connectivity index (χ4n) is 2.25. The molecule has 0 fully saturated rings. The van der Waals surface area contributed by atoms with E-state index in [2.05, 4.69) is 5.32 Å². The van der Waals surface area contributed by atoms with Gasteiger partial charge in [0.2, 0.25) is 0 Å². The van der Waals surface area contributed by atoms with Crippen molar-refractivity contribution in [3.8, 4) is 5.75 Å². The second-order valence-corrected chi connectivity index (χ2v) is 5.44. The Balaban J connectivity index is 1.82. The lowest BCUT2D eigenvalue weighted by atomic mass is 10.2. The molecular formula is C18H14ClNO5. The Labute approximate surface area is 148 Å². The number of anilines is 1. The highest BCUT2D eigenvalue weighted by atomic mass is 35.5. The summed E-state index contributed by atoms with van der Waals surface area (Å²) in [5, 5.41) is 2.76. The van der Waals surface area contributed by atoms with Crippen LogP contribution in [0.4, 0.5) is 5.69 Å². The van der Waals surface area contributed by atoms with E-state index in [0.29, 0.717) is 17.0 Å². The predicted octanol–water partition coefficient (Wildman–Crippen LogP) is 3.30. The Hall–Kier alpha value is -2.99. The van der Waals surface area contributed by atoms with Gasteiger partial charge in [0.05, 0.1) is 18.4 Å². The van der Waals surface area contributed by atoms with Crippen LogP contribution in [0.1, 0.15) is 10.4 Å². The number of carbonyl (C=O) groups is 2. The van der Waals surface area contributed by atoms with E-state index in [1.165, 1.54) is 7.11 Å². The minimum atomic E-state index is -1.27. The van der Waals surface area contributed by atoms with Crippen molar-refractivity contribution in [1.29, 1.82) is 0 Å². The minimum Gasteiger partial charge on any atom is -0.495 e. The van der Waals surface area contributed by atoms with E-state index in [4.69, 9.17) is 25.8 Å². The molecule has 1 atom stereocenters. The number of rotatable bonds is 5. The second kappa shape index (κ2) is 7.27. The zero-order valence-electron chi connectivity index (χ0n) is 13.2. The molecular weight excluding hydrogens is 346 g/mol. The Morgan fingerprint density at radius 1 is 1.12 bits per heavy atom. The molecule has 6 nitrogen and oxygen atoms in total. The number of ether oxygens (including phenoxy) is 3. The highest BCUT2D eigenvalue weighted by molar-refractivity contribution is 6.42. The molecule has 1 aliphatic rings. The lowest BCUT2D eigenvalue weighted by Crippen LogP contribution is -2.24. The third kappa shape index (κ3) is 3.59. The summed E-state index contributed by atoms with van der Waals surface area (Å²) in [6, 6.07) is 15.4. The smallest absolute Gasteiger partial charge is 0.355 e. The zero-order valence-corrected chi connectivity index (χ0v) is 13.9. The standard InChI is InChI=1S/C18H14ClNO5/c1-23-13-10-6-5-9-12(13)20-15-14(19)17(22)25-18(15)24-16(21)11-7-3-2-4-8-11/h2-10,18,20H,1H3/t18-/m0/s1. The third-order valence-electron chi connectivity index (χ3n) is 3.47. The normalized spacial score (nSPS) is 16.4. The Kier molecular flexibility index (Phi) is 4.90. The molecule has 0 bridgehead atoms. The van der Waals surface area contributed by atoms with Crippen LogP contribution in [0.25, 0.3) is 0 Å². The Morgan fingerprint density at radius 3 is 2.52 bits per heavy atom. The zero-order chi connectivity index (χ0) is 17.8. The molecule has 0 saturated heterocycles. The minimum absolute atomic E-state index is 0.139. The number of halogens is 1. The molecule has 0 aromatic heterocycles. The van der Waals surface area contributed by atoms with Gasteiger partial charge in [0.15, 0.2) is 5.03 Å². The molecule has 0 radical (unpaired) electrons. The molecule has 0 saturated carbocycles. The lowest BCUT2D eigenvalue weighted by molar-refractivity contribution is -0.152. The molecule has 0 amide bonds. The van der Waals surface area contributed by atoms with Crippen LogP contribution in [0, 0.1) is 0 Å². The van der Waals surface area contributed by atoms with Gasteiger partial charge in [-0.2, -0.15) is 0 Å². The van der Waals surface area contributed by atoms with E-state index in [1.807, 2.05) is 0 Å². The number of carbonyl (C=O) groups excluding carboxylic acids is 2. The van der Waals surface area contributed by atoms with Gasteiger partial charge in [-0.05, 0) is 24.3 Å². The summed E-state index contributed by atoms with van der Waals surface area (Å²) < 4.78 is 15.5. The quantitative estimate of drug-likeness (QED) is 0.826. The molecule has 7 heteroatoms. The van der Waals surface area contributed by atoms with Crippen molar-refractivity contribution in [2.45, 2.75) is 6.29 Å². The van der Waals surface area contributed by atoms with Gasteiger partial charge in [-0.15, -0.1) is 0 Å². The van der Waals surface area contributed by atoms with Crippen LogP contribution in [0.5, 0.6) is 5.75 Å². The summed E-state index contributed by atoms with van der Waals surface area (Å²) >= 11 is 6.01. The van der Waals surface area contributed by atoms with Crippen LogP contribution in [0.3, 0.4) is 0 Å². The van der Waals surface area contributed by atoms with Gasteiger partial charge in [-0.25, -0.2) is 9.59 Å². The average molecular weight is 360 g/mol. The van der Waals surface area contributed by atoms with Gasteiger partial charge in [-0.3, -0.25) is 0 Å². The first-order chi connectivity index (χ1) is 12.1. The van der Waals surface area contributed by atoms with Crippen molar-refractivity contribution in [2.75, 3.05) is 12.4 Å². The van der Waals surface area contributed by atoms with E-state index >= 15 is 0 Å². The molecule has 0 aliphatic carbocycles. The lowest BCUT2D eigenvalue weighted by Gasteiger charge is -2.17. The van der Waals surface area contributed by atoms with Crippen LogP contribution in [0.2, 0.25) is 0 Å². The van der Waals surface area contributed by atoms with Gasteiger partial charge >= 0.3 is 11.9 Å². The number of methoxy groups -OCH3 is 1. The fourth-order valence-corrected chi connectivity index (χ4v) is 2.43. The molecule has 2 aromatic rings. The largest absolute Gasteiger partial charge is 0.495 e. The van der Waals surface area contributed by atoms with Gasteiger partial charge in [0, 0.05) is 0 Å². The highest BCUT2D eigenvalue weighted by Gasteiger charge is 2.37. The maximum absolute atomic E-state index is 12.2. The number of para-hydroxylation sites is 2. The van der Waals surface area contributed by atoms with E-state index < -0.39 is 18.2 Å². The molecule has 2 aromatic carbocycles. The second-order valence-electron chi connectivity index (χ2n) is 5.06. The van der Waals surface area contributed by atoms with Crippen LogP contribution in [-0.2, 0) is 14.3 Å². The fraction of sp³-hybridized carbons (Fsp3) is 0.111. The SMILES string of the molecule is COc1ccccc1NC1=C(Cl)C(=O)O[C@@H]1OC(=O)c1ccccc1. The summed E-state index contributed by atoms with van der Waals surface area (Å²) in [7, 11) is 1.51. The predicted molar refractivity (Wildman–Crippen MR) is 91.2 cm³/mol. The number of nitrogens with one attached hydrogen (secondary N) is 1. The van der Waals surface area contributed by atoms with E-state index in [1.54, 1.807) is 54.6 Å². The van der Waals surface area contributed by atoms with Crippen molar-refractivity contribution in [1.82, 2.24) is 0 Å². The number of hydrogen-bond donors (Lipinski definition) is 1. The summed E-state index contributed by atoms with van der Waals surface area (Å²) in [6.07, 6.45) is -1.27. The first kappa shape index (κ1) is 16.9. The molecule has 0 unspecified atom stereocenters. The van der Waals surface area contributed by atoms with Crippen LogP contribution >= 0.6 is 11.6 Å². The van der Waals surface area contributed by atoms with Crippen molar-refractivity contribution in [3.05, 3.63) is 70.9 Å². The van der Waals surface area contributed by atoms with Gasteiger partial charge in [-0.1, -0.05) is 41.9 Å². The van der Waals surface area contributed by atoms with Gasteiger partial charge in [0.25, 0.3) is 6.29 Å². The number of cyclic esters (lactones) is 1. The topological polar surface area (TPSA) is 73.9 Å². The Bertz CT molecular complexity index is 834. The maximum atomic E-state index is 12.2. The number of hydrogen-bond acceptors (Lipinski definition) is 6.